The second kappa shape index (κ2) is 7.83. The van der Waals surface area contributed by atoms with E-state index in [1.54, 1.807) is 0 Å². The van der Waals surface area contributed by atoms with Crippen molar-refractivity contribution < 1.29 is 18.8 Å². The second-order valence-corrected chi connectivity index (χ2v) is 9.39. The van der Waals surface area contributed by atoms with Crippen LogP contribution in [0.1, 0.15) is 51.3 Å². The molecule has 1 aromatic heterocycles. The first-order chi connectivity index (χ1) is 14.5. The van der Waals surface area contributed by atoms with E-state index in [0.29, 0.717) is 57.0 Å². The minimum Gasteiger partial charge on any atom is -0.378 e. The molecule has 164 valence electrons. The molecule has 0 spiro atoms. The lowest BCUT2D eigenvalue weighted by Gasteiger charge is -2.56. The van der Waals surface area contributed by atoms with Gasteiger partial charge in [-0.25, -0.2) is 0 Å². The highest BCUT2D eigenvalue weighted by molar-refractivity contribution is 5.89. The van der Waals surface area contributed by atoms with Gasteiger partial charge < -0.3 is 24.0 Å². The summed E-state index contributed by atoms with van der Waals surface area (Å²) in [7, 11) is 0. The Labute approximate surface area is 176 Å². The van der Waals surface area contributed by atoms with E-state index >= 15 is 0 Å². The van der Waals surface area contributed by atoms with Crippen LogP contribution in [0.3, 0.4) is 0 Å². The number of carbonyl (C=O) groups excluding carboxylic acids is 2. The largest absolute Gasteiger partial charge is 0.378 e. The van der Waals surface area contributed by atoms with Crippen molar-refractivity contribution in [1.82, 2.24) is 19.9 Å². The first kappa shape index (κ1) is 19.8. The molecule has 9 heteroatoms. The number of anilines is 1. The highest BCUT2D eigenvalue weighted by Crippen LogP contribution is 2.43. The Bertz CT molecular complexity index is 805. The van der Waals surface area contributed by atoms with Gasteiger partial charge in [-0.05, 0) is 25.2 Å². The summed E-state index contributed by atoms with van der Waals surface area (Å²) in [5.74, 6) is 1.53. The Morgan fingerprint density at radius 2 is 1.93 bits per heavy atom. The molecule has 4 atom stereocenters. The van der Waals surface area contributed by atoms with E-state index in [4.69, 9.17) is 9.26 Å². The van der Waals surface area contributed by atoms with Crippen molar-refractivity contribution in [2.45, 2.75) is 57.5 Å². The Morgan fingerprint density at radius 1 is 1.17 bits per heavy atom. The maximum atomic E-state index is 13.6. The second-order valence-electron chi connectivity index (χ2n) is 9.39. The maximum Gasteiger partial charge on any atom is 0.324 e. The Kier molecular flexibility index (Phi) is 5.16. The first-order valence-electron chi connectivity index (χ1n) is 11.3. The van der Waals surface area contributed by atoms with Gasteiger partial charge in [-0.15, -0.1) is 0 Å². The van der Waals surface area contributed by atoms with Crippen molar-refractivity contribution in [2.75, 3.05) is 44.3 Å². The molecule has 5 rings (SSSR count). The monoisotopic (exact) mass is 417 g/mol. The van der Waals surface area contributed by atoms with Crippen molar-refractivity contribution in [3.8, 4) is 0 Å². The lowest BCUT2D eigenvalue weighted by molar-refractivity contribution is -0.163. The van der Waals surface area contributed by atoms with Crippen LogP contribution in [0, 0.1) is 11.8 Å². The maximum absolute atomic E-state index is 13.6. The molecule has 0 unspecified atom stereocenters. The van der Waals surface area contributed by atoms with Crippen molar-refractivity contribution >= 4 is 17.8 Å². The minimum atomic E-state index is -0.396. The predicted molar refractivity (Wildman–Crippen MR) is 108 cm³/mol. The molecule has 2 bridgehead atoms. The minimum absolute atomic E-state index is 0.0757. The number of morpholine rings is 1. The fraction of sp³-hybridized carbons (Fsp3) is 0.810. The lowest BCUT2D eigenvalue weighted by Crippen LogP contribution is -2.69. The third-order valence-corrected chi connectivity index (χ3v) is 7.14. The molecular weight excluding hydrogens is 386 g/mol. The molecule has 0 saturated carbocycles. The molecule has 4 saturated heterocycles. The zero-order valence-corrected chi connectivity index (χ0v) is 17.8. The van der Waals surface area contributed by atoms with E-state index in [0.717, 1.165) is 25.8 Å². The smallest absolute Gasteiger partial charge is 0.324 e. The van der Waals surface area contributed by atoms with Crippen molar-refractivity contribution in [3.05, 3.63) is 5.82 Å². The Balaban J connectivity index is 1.44. The molecule has 4 aliphatic heterocycles. The van der Waals surface area contributed by atoms with Crippen molar-refractivity contribution in [2.24, 2.45) is 11.8 Å². The van der Waals surface area contributed by atoms with Gasteiger partial charge >= 0.3 is 6.01 Å². The van der Waals surface area contributed by atoms with Crippen LogP contribution in [0.5, 0.6) is 0 Å². The van der Waals surface area contributed by atoms with Gasteiger partial charge in [0.25, 0.3) is 0 Å². The van der Waals surface area contributed by atoms with E-state index in [1.807, 2.05) is 23.6 Å². The number of carbonyl (C=O) groups is 2. The lowest BCUT2D eigenvalue weighted by atomic mass is 9.71. The van der Waals surface area contributed by atoms with E-state index < -0.39 is 6.04 Å². The van der Waals surface area contributed by atoms with Crippen LogP contribution < -0.4 is 4.90 Å². The number of nitrogens with zero attached hydrogens (tertiary/aromatic N) is 5. The zero-order valence-electron chi connectivity index (χ0n) is 17.8. The quantitative estimate of drug-likeness (QED) is 0.731. The fourth-order valence-electron chi connectivity index (χ4n) is 5.69. The summed E-state index contributed by atoms with van der Waals surface area (Å²) in [6.07, 6.45) is 3.38. The molecule has 2 amide bonds. The molecule has 0 aromatic carbocycles. The molecule has 0 radical (unpaired) electrons. The number of amides is 2. The molecule has 0 aliphatic carbocycles. The summed E-state index contributed by atoms with van der Waals surface area (Å²) in [4.78, 5) is 37.1. The van der Waals surface area contributed by atoms with Crippen LogP contribution in [0.25, 0.3) is 0 Å². The van der Waals surface area contributed by atoms with Crippen LogP contribution in [0.2, 0.25) is 0 Å². The highest BCUT2D eigenvalue weighted by Gasteiger charge is 2.53. The molecule has 5 heterocycles. The van der Waals surface area contributed by atoms with E-state index in [2.05, 4.69) is 15.0 Å². The average Bonchev–Trinajstić information content (AvgIpc) is 3.26. The van der Waals surface area contributed by atoms with Gasteiger partial charge in [0.05, 0.1) is 13.2 Å². The number of hydrogen-bond acceptors (Lipinski definition) is 7. The third kappa shape index (κ3) is 3.36. The average molecular weight is 418 g/mol. The molecule has 4 aliphatic rings. The molecule has 1 aromatic rings. The molecule has 4 fully saturated rings. The van der Waals surface area contributed by atoms with Crippen LogP contribution in [-0.4, -0.2) is 83.2 Å². The van der Waals surface area contributed by atoms with Crippen LogP contribution >= 0.6 is 0 Å². The van der Waals surface area contributed by atoms with E-state index in [1.165, 1.54) is 0 Å². The number of aromatic nitrogens is 2. The Hall–Kier alpha value is -2.16. The van der Waals surface area contributed by atoms with E-state index in [9.17, 15) is 9.59 Å². The van der Waals surface area contributed by atoms with Gasteiger partial charge in [-0.2, -0.15) is 4.98 Å². The SMILES string of the molecule is CC(C)c1noc(N2C[C@H]3C[C@@H](C2)[C@H](C(=O)N2CCOCC2)N2C(=O)CCC[C@@H]32)n1. The van der Waals surface area contributed by atoms with Gasteiger partial charge in [0.2, 0.25) is 11.8 Å². The van der Waals surface area contributed by atoms with Crippen LogP contribution in [-0.2, 0) is 14.3 Å². The van der Waals surface area contributed by atoms with E-state index in [-0.39, 0.29) is 29.7 Å². The molecular formula is C21H31N5O4. The molecule has 0 N–H and O–H groups in total. The van der Waals surface area contributed by atoms with Crippen LogP contribution in [0.4, 0.5) is 6.01 Å². The first-order valence-corrected chi connectivity index (χ1v) is 11.3. The summed E-state index contributed by atoms with van der Waals surface area (Å²) in [5.41, 5.74) is 0. The van der Waals surface area contributed by atoms with Crippen molar-refractivity contribution in [1.29, 1.82) is 0 Å². The number of rotatable bonds is 3. The molecule has 9 nitrogen and oxygen atoms in total. The highest BCUT2D eigenvalue weighted by atomic mass is 16.5. The molecule has 30 heavy (non-hydrogen) atoms. The number of ether oxygens (including phenoxy) is 1. The van der Waals surface area contributed by atoms with Crippen molar-refractivity contribution in [3.63, 3.8) is 0 Å². The number of piperidine rings is 3. The Morgan fingerprint density at radius 3 is 2.67 bits per heavy atom. The zero-order chi connectivity index (χ0) is 20.8. The van der Waals surface area contributed by atoms with Gasteiger partial charge in [-0.3, -0.25) is 9.59 Å². The van der Waals surface area contributed by atoms with Crippen LogP contribution in [0.15, 0.2) is 4.52 Å². The van der Waals surface area contributed by atoms with Gasteiger partial charge in [0, 0.05) is 50.5 Å². The van der Waals surface area contributed by atoms with Gasteiger partial charge in [0.1, 0.15) is 6.04 Å². The predicted octanol–water partition coefficient (Wildman–Crippen LogP) is 1.26. The summed E-state index contributed by atoms with van der Waals surface area (Å²) < 4.78 is 11.0. The summed E-state index contributed by atoms with van der Waals surface area (Å²) in [5, 5.41) is 4.12. The fourth-order valence-corrected chi connectivity index (χ4v) is 5.69. The standard InChI is InChI=1S/C21H31N5O4/c1-13(2)19-22-21(30-23-19)25-11-14-10-15(12-25)18(20(28)24-6-8-29-9-7-24)26-16(14)4-3-5-17(26)27/h13-16,18H,3-12H2,1-2H3/t14-,15+,16+,18-/m1/s1. The number of hydrogen-bond donors (Lipinski definition) is 0. The normalized spacial score (nSPS) is 31.8. The summed E-state index contributed by atoms with van der Waals surface area (Å²) in [6, 6.07) is 0.266. The third-order valence-electron chi connectivity index (χ3n) is 7.14. The van der Waals surface area contributed by atoms with Gasteiger partial charge in [0.15, 0.2) is 5.82 Å². The topological polar surface area (TPSA) is 92.0 Å². The summed E-state index contributed by atoms with van der Waals surface area (Å²) >= 11 is 0. The van der Waals surface area contributed by atoms with Gasteiger partial charge in [-0.1, -0.05) is 19.0 Å². The summed E-state index contributed by atoms with van der Waals surface area (Å²) in [6.45, 7) is 7.87. The number of fused-ring (bicyclic) bond motifs is 4.